The van der Waals surface area contributed by atoms with Gasteiger partial charge in [0.1, 0.15) is 0 Å². The highest BCUT2D eigenvalue weighted by atomic mass is 35.5. The van der Waals surface area contributed by atoms with E-state index in [1.165, 1.54) is 0 Å². The standard InChI is InChI=1S/2C9H24NO3Si.2ClH/c2*1-10(2,3)8-7-9-14(11-4,12-5)13-6;;/h2*7-9H2,1-6H3;2*1H/q2*+1;;/p-2. The van der Waals surface area contributed by atoms with Gasteiger partial charge in [-0.15, -0.1) is 0 Å². The van der Waals surface area contributed by atoms with Gasteiger partial charge in [-0.3, -0.25) is 0 Å². The summed E-state index contributed by atoms with van der Waals surface area (Å²) < 4.78 is 34.0. The van der Waals surface area contributed by atoms with Crippen LogP contribution in [0.15, 0.2) is 0 Å². The summed E-state index contributed by atoms with van der Waals surface area (Å²) in [4.78, 5) is 0. The van der Waals surface area contributed by atoms with Gasteiger partial charge in [0, 0.05) is 67.6 Å². The molecule has 0 aliphatic carbocycles. The van der Waals surface area contributed by atoms with Crippen molar-refractivity contribution >= 4 is 17.6 Å². The van der Waals surface area contributed by atoms with Crippen molar-refractivity contribution in [3.63, 3.8) is 0 Å². The molecule has 0 saturated carbocycles. The molecule has 0 fully saturated rings. The second-order valence-electron chi connectivity index (χ2n) is 8.83. The van der Waals surface area contributed by atoms with Crippen LogP contribution in [0.2, 0.25) is 12.1 Å². The van der Waals surface area contributed by atoms with Gasteiger partial charge >= 0.3 is 17.6 Å². The molecular weight excluding hydrogens is 467 g/mol. The predicted octanol–water partition coefficient (Wildman–Crippen LogP) is -4.07. The number of nitrogens with zero attached hydrogens (tertiary/aromatic N) is 2. The van der Waals surface area contributed by atoms with Crippen LogP contribution < -0.4 is 24.8 Å². The molecule has 0 N–H and O–H groups in total. The Balaban J connectivity index is -0.000000211. The number of hydrogen-bond acceptors (Lipinski definition) is 6. The van der Waals surface area contributed by atoms with E-state index in [1.807, 2.05) is 0 Å². The lowest BCUT2D eigenvalue weighted by atomic mass is 10.4. The van der Waals surface area contributed by atoms with Crippen LogP contribution >= 0.6 is 0 Å². The number of rotatable bonds is 14. The monoisotopic (exact) mass is 514 g/mol. The van der Waals surface area contributed by atoms with E-state index in [-0.39, 0.29) is 24.8 Å². The van der Waals surface area contributed by atoms with E-state index in [0.29, 0.717) is 0 Å². The van der Waals surface area contributed by atoms with Gasteiger partial charge in [-0.05, 0) is 0 Å². The number of quaternary nitrogens is 2. The molecule has 0 heterocycles. The molecule has 0 saturated heterocycles. The van der Waals surface area contributed by atoms with Gasteiger partial charge in [0.05, 0.1) is 55.4 Å². The maximum Gasteiger partial charge on any atom is 0.500 e. The lowest BCUT2D eigenvalue weighted by molar-refractivity contribution is -0.870. The zero-order valence-electron chi connectivity index (χ0n) is 21.3. The van der Waals surface area contributed by atoms with Gasteiger partial charge in [0.25, 0.3) is 0 Å². The van der Waals surface area contributed by atoms with Crippen LogP contribution in [-0.2, 0) is 26.6 Å². The molecule has 0 aromatic rings. The molecule has 0 spiro atoms. The smallest absolute Gasteiger partial charge is 0.500 e. The summed E-state index contributed by atoms with van der Waals surface area (Å²) in [5.41, 5.74) is 0. The molecule has 0 atom stereocenters. The molecule has 0 rings (SSSR count). The fourth-order valence-electron chi connectivity index (χ4n) is 2.65. The van der Waals surface area contributed by atoms with Crippen LogP contribution in [0.1, 0.15) is 12.8 Å². The van der Waals surface area contributed by atoms with Gasteiger partial charge in [-0.2, -0.15) is 0 Å². The summed E-state index contributed by atoms with van der Waals surface area (Å²) in [5.74, 6) is 0. The Bertz CT molecular complexity index is 339. The van der Waals surface area contributed by atoms with Crippen molar-refractivity contribution < 1.29 is 60.3 Å². The first-order chi connectivity index (χ1) is 12.8. The number of halogens is 2. The molecule has 12 heteroatoms. The Morgan fingerprint density at radius 2 is 0.667 bits per heavy atom. The van der Waals surface area contributed by atoms with Gasteiger partial charge < -0.3 is 60.3 Å². The first-order valence-electron chi connectivity index (χ1n) is 9.70. The molecule has 30 heavy (non-hydrogen) atoms. The third kappa shape index (κ3) is 18.3. The van der Waals surface area contributed by atoms with Crippen molar-refractivity contribution in [1.29, 1.82) is 0 Å². The summed E-state index contributed by atoms with van der Waals surface area (Å²) >= 11 is 0. The first kappa shape index (κ1) is 38.0. The van der Waals surface area contributed by atoms with Crippen molar-refractivity contribution in [3.05, 3.63) is 0 Å². The van der Waals surface area contributed by atoms with Crippen LogP contribution in [0, 0.1) is 0 Å². The molecule has 0 aromatic heterocycles. The topological polar surface area (TPSA) is 55.4 Å². The molecule has 188 valence electrons. The van der Waals surface area contributed by atoms with Gasteiger partial charge in [-0.1, -0.05) is 0 Å². The van der Waals surface area contributed by atoms with E-state index in [2.05, 4.69) is 42.3 Å². The van der Waals surface area contributed by atoms with E-state index >= 15 is 0 Å². The van der Waals surface area contributed by atoms with E-state index in [1.54, 1.807) is 42.7 Å². The van der Waals surface area contributed by atoms with Crippen LogP contribution in [0.4, 0.5) is 0 Å². The summed E-state index contributed by atoms with van der Waals surface area (Å²) in [6, 6.07) is 1.76. The molecule has 0 aliphatic rings. The van der Waals surface area contributed by atoms with Crippen molar-refractivity contribution in [1.82, 2.24) is 0 Å². The minimum absolute atomic E-state index is 0. The minimum atomic E-state index is -2.33. The molecule has 0 unspecified atom stereocenters. The van der Waals surface area contributed by atoms with Crippen LogP contribution in [-0.4, -0.2) is 125 Å². The van der Waals surface area contributed by atoms with Crippen molar-refractivity contribution in [3.8, 4) is 0 Å². The highest BCUT2D eigenvalue weighted by Gasteiger charge is 2.38. The van der Waals surface area contributed by atoms with Gasteiger partial charge in [0.2, 0.25) is 0 Å². The quantitative estimate of drug-likeness (QED) is 0.173. The highest BCUT2D eigenvalue weighted by Crippen LogP contribution is 2.16. The van der Waals surface area contributed by atoms with E-state index in [0.717, 1.165) is 47.0 Å². The molecule has 8 nitrogen and oxygen atoms in total. The van der Waals surface area contributed by atoms with E-state index < -0.39 is 17.6 Å². The normalized spacial score (nSPS) is 12.4. The largest absolute Gasteiger partial charge is 1.00 e. The van der Waals surface area contributed by atoms with E-state index in [9.17, 15) is 0 Å². The Hall–Kier alpha value is 0.694. The van der Waals surface area contributed by atoms with Crippen LogP contribution in [0.5, 0.6) is 0 Å². The average molecular weight is 516 g/mol. The predicted molar refractivity (Wildman–Crippen MR) is 118 cm³/mol. The zero-order chi connectivity index (χ0) is 22.5. The summed E-state index contributed by atoms with van der Waals surface area (Å²) in [7, 11) is 18.4. The summed E-state index contributed by atoms with van der Waals surface area (Å²) in [5, 5.41) is 0. The van der Waals surface area contributed by atoms with Gasteiger partial charge in [0.15, 0.2) is 0 Å². The molecule has 0 bridgehead atoms. The summed E-state index contributed by atoms with van der Waals surface area (Å²) in [6.07, 6.45) is 2.12. The fraction of sp³-hybridized carbons (Fsp3) is 1.00. The molecule has 0 amide bonds. The Morgan fingerprint density at radius 3 is 0.800 bits per heavy atom. The molecule has 0 aromatic carbocycles. The average Bonchev–Trinajstić information content (AvgIpc) is 2.62. The lowest BCUT2D eigenvalue weighted by Crippen LogP contribution is -3.00. The highest BCUT2D eigenvalue weighted by molar-refractivity contribution is 6.60. The fourth-order valence-corrected chi connectivity index (χ4v) is 6.06. The Kier molecular flexibility index (Phi) is 23.0. The number of hydrogen-bond donors (Lipinski definition) is 0. The second-order valence-corrected chi connectivity index (χ2v) is 15.0. The van der Waals surface area contributed by atoms with Crippen molar-refractivity contribution in [2.45, 2.75) is 24.9 Å². The maximum absolute atomic E-state index is 5.34. The molecule has 0 radical (unpaired) electrons. The molecular formula is C18H48Cl2N2O6Si2. The Labute approximate surface area is 200 Å². The lowest BCUT2D eigenvalue weighted by Gasteiger charge is -2.27. The van der Waals surface area contributed by atoms with Crippen LogP contribution in [0.25, 0.3) is 0 Å². The second kappa shape index (κ2) is 18.2. The third-order valence-electron chi connectivity index (χ3n) is 4.49. The molecule has 0 aliphatic heterocycles. The van der Waals surface area contributed by atoms with E-state index in [4.69, 9.17) is 26.6 Å². The SMILES string of the molecule is CO[Si](CCC[N+](C)(C)C)(OC)OC.CO[Si](CCC[N+](C)(C)C)(OC)OC.[Cl-].[Cl-]. The van der Waals surface area contributed by atoms with Gasteiger partial charge in [-0.25, -0.2) is 0 Å². The van der Waals surface area contributed by atoms with Crippen LogP contribution in [0.3, 0.4) is 0 Å². The Morgan fingerprint density at radius 1 is 0.467 bits per heavy atom. The van der Waals surface area contributed by atoms with Crippen molar-refractivity contribution in [2.75, 3.05) is 98.0 Å². The summed E-state index contributed by atoms with van der Waals surface area (Å²) in [6.45, 7) is 2.20. The zero-order valence-corrected chi connectivity index (χ0v) is 24.9. The third-order valence-corrected chi connectivity index (χ3v) is 10.2. The first-order valence-corrected chi connectivity index (χ1v) is 13.6. The van der Waals surface area contributed by atoms with Crippen molar-refractivity contribution in [2.24, 2.45) is 0 Å². The maximum atomic E-state index is 5.34. The minimum Gasteiger partial charge on any atom is -1.00 e.